The number of aliphatic hydroxyl groups excluding tert-OH is 1. The molecule has 2 heterocycles. The molecule has 1 N–H and O–H groups in total. The fourth-order valence-corrected chi connectivity index (χ4v) is 2.66. The van der Waals surface area contributed by atoms with Crippen LogP contribution >= 0.6 is 0 Å². The zero-order valence-corrected chi connectivity index (χ0v) is 12.4. The molecule has 0 bridgehead atoms. The summed E-state index contributed by atoms with van der Waals surface area (Å²) >= 11 is 0. The molecule has 2 aliphatic rings. The summed E-state index contributed by atoms with van der Waals surface area (Å²) in [6.07, 6.45) is 4.15. The molecule has 0 radical (unpaired) electrons. The third-order valence-corrected chi connectivity index (χ3v) is 3.55. The minimum Gasteiger partial charge on any atom is -0.459 e. The summed E-state index contributed by atoms with van der Waals surface area (Å²) in [6, 6.07) is 0. The summed E-state index contributed by atoms with van der Waals surface area (Å²) in [5.41, 5.74) is 0. The first kappa shape index (κ1) is 15.5. The summed E-state index contributed by atoms with van der Waals surface area (Å²) in [5, 5.41) is 9.78. The average molecular weight is 284 g/mol. The molecule has 5 heteroatoms. The fourth-order valence-electron chi connectivity index (χ4n) is 2.66. The quantitative estimate of drug-likeness (QED) is 0.620. The lowest BCUT2D eigenvalue weighted by molar-refractivity contribution is -0.171. The normalized spacial score (nSPS) is 38.9. The van der Waals surface area contributed by atoms with E-state index in [2.05, 4.69) is 0 Å². The number of esters is 1. The second-order valence-electron chi connectivity index (χ2n) is 5.87. The van der Waals surface area contributed by atoms with Gasteiger partial charge in [-0.05, 0) is 26.7 Å². The van der Waals surface area contributed by atoms with Crippen LogP contribution in [0.3, 0.4) is 0 Å². The Morgan fingerprint density at radius 1 is 1.35 bits per heavy atom. The van der Waals surface area contributed by atoms with E-state index in [9.17, 15) is 9.90 Å². The van der Waals surface area contributed by atoms with Crippen LogP contribution in [0.5, 0.6) is 0 Å². The highest BCUT2D eigenvalue weighted by molar-refractivity contribution is 5.69. The lowest BCUT2D eigenvalue weighted by Crippen LogP contribution is -2.38. The van der Waals surface area contributed by atoms with E-state index in [0.29, 0.717) is 6.42 Å². The maximum absolute atomic E-state index is 11.8. The van der Waals surface area contributed by atoms with Gasteiger partial charge < -0.3 is 19.3 Å². The van der Waals surface area contributed by atoms with E-state index >= 15 is 0 Å². The molecule has 0 aliphatic carbocycles. The van der Waals surface area contributed by atoms with E-state index in [0.717, 1.165) is 12.8 Å². The second kappa shape index (κ2) is 6.24. The monoisotopic (exact) mass is 284 g/mol. The summed E-state index contributed by atoms with van der Waals surface area (Å²) in [5.74, 6) is -0.998. The highest BCUT2D eigenvalue weighted by atomic mass is 16.8. The summed E-state index contributed by atoms with van der Waals surface area (Å²) in [6.45, 7) is 5.73. The number of carbonyl (C=O) groups is 1. The molecule has 1 saturated heterocycles. The maximum atomic E-state index is 11.8. The number of rotatable bonds is 2. The summed E-state index contributed by atoms with van der Waals surface area (Å²) in [7, 11) is 0. The number of carbonyl (C=O) groups excluding carboxylic acids is 1. The molecule has 0 spiro atoms. The number of hydrogen-bond acceptors (Lipinski definition) is 5. The molecule has 0 amide bonds. The predicted octanol–water partition coefficient (Wildman–Crippen LogP) is 1.93. The Kier molecular flexibility index (Phi) is 4.83. The van der Waals surface area contributed by atoms with Crippen LogP contribution in [0, 0.1) is 0 Å². The Balaban J connectivity index is 2.23. The van der Waals surface area contributed by atoms with Crippen molar-refractivity contribution in [2.45, 2.75) is 76.7 Å². The Morgan fingerprint density at radius 2 is 2.10 bits per heavy atom. The number of hydrogen-bond donors (Lipinski definition) is 1. The standard InChI is InChI=1S/C15H24O5/c1-4-5-11-14-12(19-15(2,3)20-14)8-6-10(16)7-9-13(17)18-11/h6,8,10-12,14,16H,4-5,7,9H2,1-3H3/b8-6+/t10-,11-,12+,14-/m1/s1. The van der Waals surface area contributed by atoms with E-state index in [-0.39, 0.29) is 30.7 Å². The highest BCUT2D eigenvalue weighted by Crippen LogP contribution is 2.33. The molecule has 20 heavy (non-hydrogen) atoms. The van der Waals surface area contributed by atoms with Crippen LogP contribution in [0.4, 0.5) is 0 Å². The lowest BCUT2D eigenvalue weighted by Gasteiger charge is -2.26. The van der Waals surface area contributed by atoms with Gasteiger partial charge in [0.15, 0.2) is 5.79 Å². The van der Waals surface area contributed by atoms with E-state index in [4.69, 9.17) is 14.2 Å². The van der Waals surface area contributed by atoms with Gasteiger partial charge in [0.25, 0.3) is 0 Å². The number of ether oxygens (including phenoxy) is 3. The summed E-state index contributed by atoms with van der Waals surface area (Å²) in [4.78, 5) is 11.8. The summed E-state index contributed by atoms with van der Waals surface area (Å²) < 4.78 is 17.3. The van der Waals surface area contributed by atoms with E-state index in [1.54, 1.807) is 6.08 Å². The van der Waals surface area contributed by atoms with Crippen LogP contribution < -0.4 is 0 Å². The van der Waals surface area contributed by atoms with Crippen LogP contribution in [-0.4, -0.2) is 41.3 Å². The van der Waals surface area contributed by atoms with Gasteiger partial charge in [-0.2, -0.15) is 0 Å². The third kappa shape index (κ3) is 3.81. The van der Waals surface area contributed by atoms with Crippen molar-refractivity contribution in [3.63, 3.8) is 0 Å². The Labute approximate surface area is 119 Å². The van der Waals surface area contributed by atoms with Crippen LogP contribution in [0.25, 0.3) is 0 Å². The van der Waals surface area contributed by atoms with Crippen molar-refractivity contribution in [2.24, 2.45) is 0 Å². The third-order valence-electron chi connectivity index (χ3n) is 3.55. The van der Waals surface area contributed by atoms with Gasteiger partial charge in [0.2, 0.25) is 0 Å². The molecular weight excluding hydrogens is 260 g/mol. The van der Waals surface area contributed by atoms with Crippen LogP contribution in [0.2, 0.25) is 0 Å². The first-order valence-electron chi connectivity index (χ1n) is 7.33. The van der Waals surface area contributed by atoms with Crippen molar-refractivity contribution >= 4 is 5.97 Å². The van der Waals surface area contributed by atoms with Gasteiger partial charge in [0.05, 0.1) is 6.10 Å². The molecule has 1 fully saturated rings. The molecule has 2 aliphatic heterocycles. The molecule has 114 valence electrons. The smallest absolute Gasteiger partial charge is 0.306 e. The van der Waals surface area contributed by atoms with E-state index in [1.165, 1.54) is 0 Å². The minimum absolute atomic E-state index is 0.216. The topological polar surface area (TPSA) is 65.0 Å². The van der Waals surface area contributed by atoms with Crippen molar-refractivity contribution in [1.29, 1.82) is 0 Å². The van der Waals surface area contributed by atoms with Gasteiger partial charge in [-0.25, -0.2) is 0 Å². The van der Waals surface area contributed by atoms with Gasteiger partial charge in [0, 0.05) is 6.42 Å². The van der Waals surface area contributed by atoms with Crippen molar-refractivity contribution in [1.82, 2.24) is 0 Å². The molecule has 0 aromatic carbocycles. The molecule has 0 unspecified atom stereocenters. The average Bonchev–Trinajstić information content (AvgIpc) is 2.68. The molecule has 0 saturated carbocycles. The Hall–Kier alpha value is -0.910. The molecule has 0 aromatic heterocycles. The zero-order chi connectivity index (χ0) is 14.8. The van der Waals surface area contributed by atoms with Crippen LogP contribution in [0.15, 0.2) is 12.2 Å². The van der Waals surface area contributed by atoms with Crippen molar-refractivity contribution in [2.75, 3.05) is 0 Å². The van der Waals surface area contributed by atoms with Gasteiger partial charge in [-0.3, -0.25) is 4.79 Å². The number of aliphatic hydroxyl groups is 1. The van der Waals surface area contributed by atoms with Crippen molar-refractivity contribution < 1.29 is 24.1 Å². The Morgan fingerprint density at radius 3 is 2.80 bits per heavy atom. The highest BCUT2D eigenvalue weighted by Gasteiger charge is 2.45. The Bertz CT molecular complexity index is 376. The molecule has 0 aromatic rings. The number of cyclic esters (lactones) is 1. The van der Waals surface area contributed by atoms with Gasteiger partial charge in [-0.1, -0.05) is 25.5 Å². The zero-order valence-electron chi connectivity index (χ0n) is 12.4. The fraction of sp³-hybridized carbons (Fsp3) is 0.800. The second-order valence-corrected chi connectivity index (χ2v) is 5.87. The number of fused-ring (bicyclic) bond motifs is 1. The van der Waals surface area contributed by atoms with Crippen LogP contribution in [0.1, 0.15) is 46.5 Å². The molecule has 2 rings (SSSR count). The maximum Gasteiger partial charge on any atom is 0.306 e. The van der Waals surface area contributed by atoms with Gasteiger partial charge in [-0.15, -0.1) is 0 Å². The SMILES string of the molecule is CCC[C@H]1OC(=O)CC[C@H](O)/C=C/[C@@H]2OC(C)(C)O[C@@H]21. The minimum atomic E-state index is -0.711. The van der Waals surface area contributed by atoms with E-state index < -0.39 is 11.9 Å². The van der Waals surface area contributed by atoms with Gasteiger partial charge >= 0.3 is 5.97 Å². The van der Waals surface area contributed by atoms with Crippen LogP contribution in [-0.2, 0) is 19.0 Å². The predicted molar refractivity (Wildman–Crippen MR) is 73.0 cm³/mol. The van der Waals surface area contributed by atoms with Crippen molar-refractivity contribution in [3.8, 4) is 0 Å². The first-order chi connectivity index (χ1) is 9.41. The lowest BCUT2D eigenvalue weighted by atomic mass is 10.0. The first-order valence-corrected chi connectivity index (χ1v) is 7.33. The largest absolute Gasteiger partial charge is 0.459 e. The van der Waals surface area contributed by atoms with E-state index in [1.807, 2.05) is 26.8 Å². The molecular formula is C15H24O5. The van der Waals surface area contributed by atoms with Gasteiger partial charge in [0.1, 0.15) is 18.3 Å². The molecule has 5 nitrogen and oxygen atoms in total. The molecule has 4 atom stereocenters. The van der Waals surface area contributed by atoms with Crippen molar-refractivity contribution in [3.05, 3.63) is 12.2 Å².